The molecule has 5 heteroatoms. The molecule has 0 bridgehead atoms. The van der Waals surface area contributed by atoms with Crippen molar-refractivity contribution in [2.24, 2.45) is 5.84 Å². The summed E-state index contributed by atoms with van der Waals surface area (Å²) >= 11 is 0. The number of nitrogens with zero attached hydrogens (tertiary/aromatic N) is 1. The van der Waals surface area contributed by atoms with Crippen molar-refractivity contribution in [1.82, 2.24) is 10.3 Å². The van der Waals surface area contributed by atoms with E-state index >= 15 is 0 Å². The minimum Gasteiger partial charge on any atom is -0.379 e. The van der Waals surface area contributed by atoms with Gasteiger partial charge >= 0.3 is 0 Å². The van der Waals surface area contributed by atoms with Gasteiger partial charge in [0.05, 0.1) is 18.8 Å². The number of rotatable bonds is 8. The maximum atomic E-state index is 5.86. The summed E-state index contributed by atoms with van der Waals surface area (Å²) in [5, 5.41) is 0. The fraction of sp³-hybridized carbons (Fsp3) is 1.00. The molecule has 2 atom stereocenters. The Morgan fingerprint density at radius 1 is 1.30 bits per heavy atom. The molecule has 0 spiro atoms. The standard InChI is InChI=1S/C15H33N3O2/c1-6-15(4,18-9-11-20-12-10-18)13(17-16)7-8-14(2,3)19-5/h13,17H,6-12,16H2,1-5H3. The van der Waals surface area contributed by atoms with Gasteiger partial charge in [0, 0.05) is 31.8 Å². The zero-order valence-corrected chi connectivity index (χ0v) is 13.9. The van der Waals surface area contributed by atoms with Crippen molar-refractivity contribution < 1.29 is 9.47 Å². The third-order valence-electron chi connectivity index (χ3n) is 4.99. The van der Waals surface area contributed by atoms with Crippen LogP contribution in [0.25, 0.3) is 0 Å². The number of nitrogens with two attached hydrogens (primary N) is 1. The number of morpholine rings is 1. The monoisotopic (exact) mass is 287 g/mol. The maximum Gasteiger partial charge on any atom is 0.0623 e. The molecule has 1 heterocycles. The summed E-state index contributed by atoms with van der Waals surface area (Å²) < 4.78 is 11.0. The van der Waals surface area contributed by atoms with Crippen LogP contribution in [0.2, 0.25) is 0 Å². The van der Waals surface area contributed by atoms with E-state index in [2.05, 4.69) is 38.0 Å². The Kier molecular flexibility index (Phi) is 6.88. The first kappa shape index (κ1) is 17.9. The van der Waals surface area contributed by atoms with E-state index < -0.39 is 0 Å². The third-order valence-corrected chi connectivity index (χ3v) is 4.99. The van der Waals surface area contributed by atoms with E-state index in [9.17, 15) is 0 Å². The molecule has 1 saturated heterocycles. The van der Waals surface area contributed by atoms with Gasteiger partial charge in [0.25, 0.3) is 0 Å². The number of hydrogen-bond donors (Lipinski definition) is 2. The molecule has 2 unspecified atom stereocenters. The first-order chi connectivity index (χ1) is 9.39. The highest BCUT2D eigenvalue weighted by Gasteiger charge is 2.39. The van der Waals surface area contributed by atoms with Crippen molar-refractivity contribution in [3.05, 3.63) is 0 Å². The second kappa shape index (κ2) is 7.71. The average Bonchev–Trinajstić information content (AvgIpc) is 2.48. The minimum absolute atomic E-state index is 0.0579. The molecule has 0 aromatic carbocycles. The van der Waals surface area contributed by atoms with Gasteiger partial charge in [-0.25, -0.2) is 0 Å². The quantitative estimate of drug-likeness (QED) is 0.524. The molecule has 0 saturated carbocycles. The molecule has 3 N–H and O–H groups in total. The van der Waals surface area contributed by atoms with Crippen molar-refractivity contribution in [3.8, 4) is 0 Å². The fourth-order valence-corrected chi connectivity index (χ4v) is 2.93. The van der Waals surface area contributed by atoms with Crippen molar-refractivity contribution in [1.29, 1.82) is 0 Å². The van der Waals surface area contributed by atoms with Crippen LogP contribution in [0.4, 0.5) is 0 Å². The van der Waals surface area contributed by atoms with Crippen LogP contribution in [0.1, 0.15) is 47.0 Å². The number of ether oxygens (including phenoxy) is 2. The maximum absolute atomic E-state index is 5.86. The van der Waals surface area contributed by atoms with Gasteiger partial charge in [0.15, 0.2) is 0 Å². The van der Waals surface area contributed by atoms with Crippen molar-refractivity contribution >= 4 is 0 Å². The van der Waals surface area contributed by atoms with Crippen LogP contribution in [0.3, 0.4) is 0 Å². The molecule has 0 radical (unpaired) electrons. The van der Waals surface area contributed by atoms with Crippen molar-refractivity contribution in [2.45, 2.75) is 64.1 Å². The molecule has 0 amide bonds. The first-order valence-electron chi connectivity index (χ1n) is 7.73. The predicted octanol–water partition coefficient (Wildman–Crippen LogP) is 1.52. The van der Waals surface area contributed by atoms with E-state index in [0.29, 0.717) is 0 Å². The van der Waals surface area contributed by atoms with E-state index in [4.69, 9.17) is 15.3 Å². The zero-order chi connectivity index (χ0) is 15.2. The average molecular weight is 287 g/mol. The molecule has 1 rings (SSSR count). The lowest BCUT2D eigenvalue weighted by molar-refractivity contribution is -0.0401. The van der Waals surface area contributed by atoms with Gasteiger partial charge in [0.2, 0.25) is 0 Å². The molecule has 120 valence electrons. The second-order valence-electron chi connectivity index (χ2n) is 6.53. The molecule has 0 aromatic rings. The highest BCUT2D eigenvalue weighted by atomic mass is 16.5. The predicted molar refractivity (Wildman–Crippen MR) is 82.5 cm³/mol. The summed E-state index contributed by atoms with van der Waals surface area (Å²) in [5.74, 6) is 5.86. The molecule has 1 aliphatic rings. The summed E-state index contributed by atoms with van der Waals surface area (Å²) in [6.07, 6.45) is 3.05. The number of hydrogen-bond acceptors (Lipinski definition) is 5. The minimum atomic E-state index is -0.102. The largest absolute Gasteiger partial charge is 0.379 e. The topological polar surface area (TPSA) is 59.8 Å². The summed E-state index contributed by atoms with van der Waals surface area (Å²) in [6.45, 7) is 12.4. The molecule has 0 aromatic heterocycles. The molecule has 1 fully saturated rings. The van der Waals surface area contributed by atoms with E-state index in [-0.39, 0.29) is 17.2 Å². The van der Waals surface area contributed by atoms with Crippen LogP contribution in [0.5, 0.6) is 0 Å². The van der Waals surface area contributed by atoms with Gasteiger partial charge in [-0.05, 0) is 40.0 Å². The smallest absolute Gasteiger partial charge is 0.0623 e. The Bertz CT molecular complexity index is 280. The van der Waals surface area contributed by atoms with Gasteiger partial charge in [-0.3, -0.25) is 16.2 Å². The SMILES string of the molecule is CCC(C)(C(CCC(C)(C)OC)NN)N1CCOCC1. The lowest BCUT2D eigenvalue weighted by Crippen LogP contribution is -2.63. The van der Waals surface area contributed by atoms with Gasteiger partial charge < -0.3 is 9.47 Å². The van der Waals surface area contributed by atoms with Crippen LogP contribution >= 0.6 is 0 Å². The molecular formula is C15H33N3O2. The van der Waals surface area contributed by atoms with Crippen LogP contribution in [0, 0.1) is 0 Å². The fourth-order valence-electron chi connectivity index (χ4n) is 2.93. The Morgan fingerprint density at radius 2 is 1.90 bits per heavy atom. The zero-order valence-electron chi connectivity index (χ0n) is 13.9. The van der Waals surface area contributed by atoms with Gasteiger partial charge in [-0.15, -0.1) is 0 Å². The van der Waals surface area contributed by atoms with Crippen molar-refractivity contribution in [3.63, 3.8) is 0 Å². The molecule has 1 aliphatic heterocycles. The van der Waals surface area contributed by atoms with Gasteiger partial charge in [-0.1, -0.05) is 6.92 Å². The van der Waals surface area contributed by atoms with E-state index in [1.54, 1.807) is 7.11 Å². The number of hydrazine groups is 1. The lowest BCUT2D eigenvalue weighted by atomic mass is 9.82. The van der Waals surface area contributed by atoms with Crippen molar-refractivity contribution in [2.75, 3.05) is 33.4 Å². The highest BCUT2D eigenvalue weighted by Crippen LogP contribution is 2.29. The Balaban J connectivity index is 2.71. The first-order valence-corrected chi connectivity index (χ1v) is 7.73. The molecular weight excluding hydrogens is 254 g/mol. The molecule has 20 heavy (non-hydrogen) atoms. The van der Waals surface area contributed by atoms with Gasteiger partial charge in [0.1, 0.15) is 0 Å². The van der Waals surface area contributed by atoms with Crippen LogP contribution in [-0.2, 0) is 9.47 Å². The highest BCUT2D eigenvalue weighted by molar-refractivity contribution is 4.97. The molecule has 5 nitrogen and oxygen atoms in total. The summed E-state index contributed by atoms with van der Waals surface area (Å²) in [6, 6.07) is 0.250. The van der Waals surface area contributed by atoms with E-state index in [0.717, 1.165) is 45.6 Å². The Labute approximate surface area is 124 Å². The summed E-state index contributed by atoms with van der Waals surface area (Å²) in [5.41, 5.74) is 3.00. The van der Waals surface area contributed by atoms with Crippen LogP contribution < -0.4 is 11.3 Å². The van der Waals surface area contributed by atoms with Crippen LogP contribution in [0.15, 0.2) is 0 Å². The second-order valence-corrected chi connectivity index (χ2v) is 6.53. The Hall–Kier alpha value is -0.200. The van der Waals surface area contributed by atoms with Crippen LogP contribution in [-0.4, -0.2) is 55.5 Å². The Morgan fingerprint density at radius 3 is 2.35 bits per heavy atom. The number of nitrogens with one attached hydrogen (secondary N) is 1. The summed E-state index contributed by atoms with van der Waals surface area (Å²) in [4.78, 5) is 2.51. The number of methoxy groups -OCH3 is 1. The van der Waals surface area contributed by atoms with E-state index in [1.165, 1.54) is 0 Å². The lowest BCUT2D eigenvalue weighted by Gasteiger charge is -2.48. The normalized spacial score (nSPS) is 22.5. The molecule has 0 aliphatic carbocycles. The third kappa shape index (κ3) is 4.40. The van der Waals surface area contributed by atoms with E-state index in [1.807, 2.05) is 0 Å². The van der Waals surface area contributed by atoms with Gasteiger partial charge in [-0.2, -0.15) is 0 Å². The summed E-state index contributed by atoms with van der Waals surface area (Å²) in [7, 11) is 1.77.